The molecule has 2 aromatic heterocycles. The van der Waals surface area contributed by atoms with E-state index in [1.807, 2.05) is 61.5 Å². The van der Waals surface area contributed by atoms with Crippen molar-refractivity contribution in [3.63, 3.8) is 0 Å². The van der Waals surface area contributed by atoms with Crippen LogP contribution in [0.25, 0.3) is 0 Å². The minimum absolute atomic E-state index is 0.101. The Balaban J connectivity index is 1.79. The number of thiocarbonyl (C=S) groups is 1. The third-order valence-corrected chi connectivity index (χ3v) is 4.82. The Bertz CT molecular complexity index is 908. The van der Waals surface area contributed by atoms with Gasteiger partial charge in [0.1, 0.15) is 23.3 Å². The molecule has 1 aliphatic rings. The molecule has 132 valence electrons. The zero-order valence-corrected chi connectivity index (χ0v) is 15.4. The topological polar surface area (TPSA) is 50.5 Å². The maximum absolute atomic E-state index is 5.97. The van der Waals surface area contributed by atoms with E-state index in [4.69, 9.17) is 21.4 Å². The number of rotatable bonds is 4. The van der Waals surface area contributed by atoms with E-state index in [2.05, 4.69) is 15.2 Å². The summed E-state index contributed by atoms with van der Waals surface area (Å²) < 4.78 is 11.2. The number of anilines is 1. The van der Waals surface area contributed by atoms with Crippen LogP contribution in [0.15, 0.2) is 65.2 Å². The van der Waals surface area contributed by atoms with Crippen LogP contribution in [0.1, 0.15) is 29.3 Å². The summed E-state index contributed by atoms with van der Waals surface area (Å²) in [5, 5.41) is 4.05. The highest BCUT2D eigenvalue weighted by Crippen LogP contribution is 2.42. The smallest absolute Gasteiger partial charge is 0.174 e. The lowest BCUT2D eigenvalue weighted by Crippen LogP contribution is -2.29. The molecule has 1 N–H and O–H groups in total. The van der Waals surface area contributed by atoms with E-state index in [9.17, 15) is 0 Å². The van der Waals surface area contributed by atoms with Crippen LogP contribution in [-0.4, -0.2) is 17.2 Å². The second-order valence-electron chi connectivity index (χ2n) is 6.14. The molecular formula is C20H19N3O2S. The molecule has 3 heterocycles. The lowest BCUT2D eigenvalue weighted by atomic mass is 10.0. The average molecular weight is 365 g/mol. The third-order valence-electron chi connectivity index (χ3n) is 4.50. The first kappa shape index (κ1) is 16.6. The molecule has 1 fully saturated rings. The number of nitrogens with one attached hydrogen (secondary N) is 1. The molecule has 1 saturated heterocycles. The van der Waals surface area contributed by atoms with Crippen LogP contribution in [-0.2, 0) is 0 Å². The number of hydrogen-bond donors (Lipinski definition) is 1. The first-order valence-electron chi connectivity index (χ1n) is 8.38. The van der Waals surface area contributed by atoms with E-state index in [1.54, 1.807) is 13.3 Å². The second-order valence-corrected chi connectivity index (χ2v) is 6.53. The van der Waals surface area contributed by atoms with E-state index >= 15 is 0 Å². The number of furan rings is 1. The summed E-state index contributed by atoms with van der Waals surface area (Å²) >= 11 is 5.66. The van der Waals surface area contributed by atoms with Crippen LogP contribution in [0, 0.1) is 6.92 Å². The number of methoxy groups -OCH3 is 1. The van der Waals surface area contributed by atoms with Crippen molar-refractivity contribution < 1.29 is 9.15 Å². The van der Waals surface area contributed by atoms with Crippen molar-refractivity contribution in [2.45, 2.75) is 19.0 Å². The molecule has 1 aromatic carbocycles. The van der Waals surface area contributed by atoms with Gasteiger partial charge >= 0.3 is 0 Å². The van der Waals surface area contributed by atoms with Crippen molar-refractivity contribution >= 4 is 23.0 Å². The normalized spacial score (nSPS) is 19.5. The Labute approximate surface area is 157 Å². The highest BCUT2D eigenvalue weighted by Gasteiger charge is 2.42. The zero-order chi connectivity index (χ0) is 18.1. The number of aryl methyl sites for hydroxylation is 1. The first-order valence-corrected chi connectivity index (χ1v) is 8.79. The monoisotopic (exact) mass is 365 g/mol. The lowest BCUT2D eigenvalue weighted by molar-refractivity contribution is 0.413. The predicted octanol–water partition coefficient (Wildman–Crippen LogP) is 4.17. The number of aromatic nitrogens is 1. The molecule has 26 heavy (non-hydrogen) atoms. The fourth-order valence-electron chi connectivity index (χ4n) is 3.28. The minimum atomic E-state index is -0.125. The van der Waals surface area contributed by atoms with E-state index < -0.39 is 0 Å². The predicted molar refractivity (Wildman–Crippen MR) is 104 cm³/mol. The van der Waals surface area contributed by atoms with Gasteiger partial charge in [0.15, 0.2) is 5.11 Å². The molecule has 0 unspecified atom stereocenters. The van der Waals surface area contributed by atoms with E-state index in [0.717, 1.165) is 28.7 Å². The van der Waals surface area contributed by atoms with Crippen LogP contribution >= 0.6 is 12.2 Å². The Kier molecular flexibility index (Phi) is 4.34. The fraction of sp³-hybridized carbons (Fsp3) is 0.200. The maximum atomic E-state index is 5.97. The van der Waals surface area contributed by atoms with Crippen molar-refractivity contribution in [3.8, 4) is 5.75 Å². The van der Waals surface area contributed by atoms with Crippen LogP contribution in [0.4, 0.5) is 5.69 Å². The van der Waals surface area contributed by atoms with Gasteiger partial charge in [-0.15, -0.1) is 0 Å². The number of ether oxygens (including phenoxy) is 1. The molecule has 1 aliphatic heterocycles. The first-order chi connectivity index (χ1) is 12.7. The maximum Gasteiger partial charge on any atom is 0.174 e. The molecule has 2 atom stereocenters. The molecule has 5 nitrogen and oxygen atoms in total. The molecule has 0 radical (unpaired) electrons. The van der Waals surface area contributed by atoms with E-state index in [0.29, 0.717) is 5.11 Å². The van der Waals surface area contributed by atoms with Gasteiger partial charge in [0.2, 0.25) is 0 Å². The molecule has 0 amide bonds. The number of hydrogen-bond acceptors (Lipinski definition) is 4. The van der Waals surface area contributed by atoms with Crippen molar-refractivity contribution in [3.05, 3.63) is 78.0 Å². The van der Waals surface area contributed by atoms with E-state index in [-0.39, 0.29) is 12.1 Å². The highest BCUT2D eigenvalue weighted by atomic mass is 32.1. The molecular weight excluding hydrogens is 346 g/mol. The van der Waals surface area contributed by atoms with Crippen LogP contribution in [0.2, 0.25) is 0 Å². The largest absolute Gasteiger partial charge is 0.497 e. The second kappa shape index (κ2) is 6.80. The van der Waals surface area contributed by atoms with Gasteiger partial charge in [-0.1, -0.05) is 6.07 Å². The van der Waals surface area contributed by atoms with Crippen LogP contribution in [0.3, 0.4) is 0 Å². The van der Waals surface area contributed by atoms with Gasteiger partial charge in [0.25, 0.3) is 0 Å². The fourth-order valence-corrected chi connectivity index (χ4v) is 3.62. The molecule has 0 aliphatic carbocycles. The van der Waals surface area contributed by atoms with Crippen molar-refractivity contribution in [1.29, 1.82) is 0 Å². The third kappa shape index (κ3) is 2.93. The molecule has 0 saturated carbocycles. The van der Waals surface area contributed by atoms with Gasteiger partial charge < -0.3 is 19.4 Å². The number of pyridine rings is 1. The summed E-state index contributed by atoms with van der Waals surface area (Å²) in [5.74, 6) is 2.52. The van der Waals surface area contributed by atoms with Crippen molar-refractivity contribution in [2.75, 3.05) is 12.0 Å². The Morgan fingerprint density at radius 2 is 1.92 bits per heavy atom. The van der Waals surface area contributed by atoms with Gasteiger partial charge in [-0.25, -0.2) is 0 Å². The Hall–Kier alpha value is -2.86. The Morgan fingerprint density at radius 3 is 2.54 bits per heavy atom. The molecule has 3 aromatic rings. The quantitative estimate of drug-likeness (QED) is 0.701. The molecule has 0 bridgehead atoms. The minimum Gasteiger partial charge on any atom is -0.497 e. The van der Waals surface area contributed by atoms with Gasteiger partial charge in [0.05, 0.1) is 18.8 Å². The van der Waals surface area contributed by atoms with Gasteiger partial charge in [-0.2, -0.15) is 0 Å². The van der Waals surface area contributed by atoms with Crippen LogP contribution < -0.4 is 15.0 Å². The van der Waals surface area contributed by atoms with Gasteiger partial charge in [-0.05, 0) is 67.7 Å². The average Bonchev–Trinajstić information content (AvgIpc) is 3.25. The SMILES string of the molecule is COc1ccc(N2C(=S)N[C@H](c3ccccn3)[C@H]2c2ccc(C)o2)cc1. The van der Waals surface area contributed by atoms with Crippen molar-refractivity contribution in [2.24, 2.45) is 0 Å². The van der Waals surface area contributed by atoms with Gasteiger partial charge in [-0.3, -0.25) is 4.98 Å². The summed E-state index contributed by atoms with van der Waals surface area (Å²) in [6.45, 7) is 1.94. The summed E-state index contributed by atoms with van der Waals surface area (Å²) in [6.07, 6.45) is 1.79. The summed E-state index contributed by atoms with van der Waals surface area (Å²) in [4.78, 5) is 6.60. The van der Waals surface area contributed by atoms with Crippen LogP contribution in [0.5, 0.6) is 5.75 Å². The van der Waals surface area contributed by atoms with Crippen molar-refractivity contribution in [1.82, 2.24) is 10.3 Å². The molecule has 0 spiro atoms. The lowest BCUT2D eigenvalue weighted by Gasteiger charge is -2.26. The van der Waals surface area contributed by atoms with Gasteiger partial charge in [0, 0.05) is 11.9 Å². The van der Waals surface area contributed by atoms with E-state index in [1.165, 1.54) is 0 Å². The molecule has 6 heteroatoms. The zero-order valence-electron chi connectivity index (χ0n) is 14.5. The summed E-state index contributed by atoms with van der Waals surface area (Å²) in [6, 6.07) is 17.5. The highest BCUT2D eigenvalue weighted by molar-refractivity contribution is 7.80. The number of nitrogens with zero attached hydrogens (tertiary/aromatic N) is 2. The summed E-state index contributed by atoms with van der Waals surface area (Å²) in [7, 11) is 1.66. The summed E-state index contributed by atoms with van der Waals surface area (Å²) in [5.41, 5.74) is 1.89. The molecule has 4 rings (SSSR count). The number of benzene rings is 1. The Morgan fingerprint density at radius 1 is 1.12 bits per heavy atom. The standard InChI is InChI=1S/C20H19N3O2S/c1-13-6-11-17(25-13)19-18(16-5-3-4-12-21-16)22-20(26)23(19)14-7-9-15(24-2)10-8-14/h3-12,18-19H,1-2H3,(H,22,26)/t18-,19-/m1/s1.